The Hall–Kier alpha value is -0.496. The van der Waals surface area contributed by atoms with Crippen LogP contribution in [-0.4, -0.2) is 34.1 Å². The number of carbonyl (C=O) groups is 1. The zero-order chi connectivity index (χ0) is 23.0. The van der Waals surface area contributed by atoms with Crippen molar-refractivity contribution >= 4 is 22.4 Å². The van der Waals surface area contributed by atoms with Crippen molar-refractivity contribution in [1.29, 1.82) is 0 Å². The number of hydrogen-bond donors (Lipinski definition) is 0. The number of carbonyl (C=O) groups excluding carboxylic acids is 1. The number of ketones is 1. The zero-order valence-electron chi connectivity index (χ0n) is 21.3. The van der Waals surface area contributed by atoms with Crippen LogP contribution in [0.1, 0.15) is 52.9 Å². The zero-order valence-corrected chi connectivity index (χ0v) is 23.3. The van der Waals surface area contributed by atoms with Crippen molar-refractivity contribution in [2.45, 2.75) is 104 Å². The smallest absolute Gasteiger partial charge is 0.184 e. The second-order valence-electron chi connectivity index (χ2n) is 13.4. The lowest BCUT2D eigenvalue weighted by Crippen LogP contribution is -2.58. The summed E-state index contributed by atoms with van der Waals surface area (Å²) in [4.78, 5) is 12.4. The van der Waals surface area contributed by atoms with Gasteiger partial charge < -0.3 is 8.85 Å². The van der Waals surface area contributed by atoms with Gasteiger partial charge in [-0.2, -0.15) is 0 Å². The third-order valence-corrected chi connectivity index (χ3v) is 11.2. The highest BCUT2D eigenvalue weighted by atomic mass is 28.4. The maximum absolute atomic E-state index is 12.4. The molecule has 0 aromatic rings. The molecule has 3 saturated carbocycles. The van der Waals surface area contributed by atoms with E-state index in [0.29, 0.717) is 17.8 Å². The van der Waals surface area contributed by atoms with Crippen molar-refractivity contribution in [2.24, 2.45) is 28.6 Å². The Morgan fingerprint density at radius 2 is 1.58 bits per heavy atom. The van der Waals surface area contributed by atoms with E-state index in [9.17, 15) is 4.79 Å². The summed E-state index contributed by atoms with van der Waals surface area (Å²) < 4.78 is 13.7. The normalized spacial score (nSPS) is 45.1. The van der Waals surface area contributed by atoms with Crippen LogP contribution in [0.25, 0.3) is 0 Å². The Kier molecular flexibility index (Phi) is 5.53. The van der Waals surface area contributed by atoms with E-state index in [1.807, 2.05) is 12.2 Å². The average Bonchev–Trinajstić information content (AvgIpc) is 2.84. The molecule has 5 heteroatoms. The molecule has 0 saturated heterocycles. The standard InChI is InChI=1S/C26H44O3Si2/c1-24-13-10-18(27)16-22(24)23(28-30(4,5)6)17-19-20(24)11-14-25(2)21(19)12-15-26(25,3)29-31(7,8)9/h10,13,16,19-21,23H,11-12,14-15,17H2,1-9H3/t19-,20+,21+,23-,24-,25+,26+/m1/s1. The van der Waals surface area contributed by atoms with Crippen molar-refractivity contribution in [3.63, 3.8) is 0 Å². The van der Waals surface area contributed by atoms with Gasteiger partial charge in [0.25, 0.3) is 0 Å². The van der Waals surface area contributed by atoms with Crippen molar-refractivity contribution in [3.8, 4) is 0 Å². The Bertz CT molecular complexity index is 819. The molecule has 0 unspecified atom stereocenters. The summed E-state index contributed by atoms with van der Waals surface area (Å²) in [5.74, 6) is 2.03. The number of rotatable bonds is 4. The lowest BCUT2D eigenvalue weighted by Gasteiger charge is -2.60. The van der Waals surface area contributed by atoms with Gasteiger partial charge in [0, 0.05) is 5.41 Å². The molecule has 4 aliphatic carbocycles. The van der Waals surface area contributed by atoms with Crippen LogP contribution in [-0.2, 0) is 13.6 Å². The minimum Gasteiger partial charge on any atom is -0.412 e. The molecule has 0 amide bonds. The van der Waals surface area contributed by atoms with Crippen LogP contribution in [0.2, 0.25) is 39.3 Å². The van der Waals surface area contributed by atoms with Crippen molar-refractivity contribution in [1.82, 2.24) is 0 Å². The van der Waals surface area contributed by atoms with Gasteiger partial charge >= 0.3 is 0 Å². The largest absolute Gasteiger partial charge is 0.412 e. The number of fused-ring (bicyclic) bond motifs is 5. The molecule has 3 fully saturated rings. The summed E-state index contributed by atoms with van der Waals surface area (Å²) in [7, 11) is -3.37. The van der Waals surface area contributed by atoms with E-state index in [4.69, 9.17) is 8.85 Å². The summed E-state index contributed by atoms with van der Waals surface area (Å²) in [6.07, 6.45) is 12.0. The molecule has 4 rings (SSSR count). The maximum atomic E-state index is 12.4. The van der Waals surface area contributed by atoms with Gasteiger partial charge in [0.1, 0.15) is 0 Å². The van der Waals surface area contributed by atoms with E-state index in [-0.39, 0.29) is 28.3 Å². The summed E-state index contributed by atoms with van der Waals surface area (Å²) >= 11 is 0. The van der Waals surface area contributed by atoms with Gasteiger partial charge in [-0.1, -0.05) is 19.9 Å². The van der Waals surface area contributed by atoms with Gasteiger partial charge in [-0.3, -0.25) is 4.79 Å². The molecule has 4 aliphatic rings. The molecule has 31 heavy (non-hydrogen) atoms. The fourth-order valence-electron chi connectivity index (χ4n) is 7.83. The molecular formula is C26H44O3Si2. The summed E-state index contributed by atoms with van der Waals surface area (Å²) in [6.45, 7) is 21.2. The first-order valence-corrected chi connectivity index (χ1v) is 19.2. The van der Waals surface area contributed by atoms with Gasteiger partial charge in [0.2, 0.25) is 0 Å². The molecular weight excluding hydrogens is 416 g/mol. The highest BCUT2D eigenvalue weighted by Crippen LogP contribution is 2.68. The predicted octanol–water partition coefficient (Wildman–Crippen LogP) is 6.73. The Morgan fingerprint density at radius 3 is 2.19 bits per heavy atom. The average molecular weight is 461 g/mol. The van der Waals surface area contributed by atoms with Crippen LogP contribution < -0.4 is 0 Å². The first-order valence-electron chi connectivity index (χ1n) is 12.4. The third-order valence-electron chi connectivity index (χ3n) is 9.11. The van der Waals surface area contributed by atoms with E-state index in [2.05, 4.69) is 66.1 Å². The van der Waals surface area contributed by atoms with Gasteiger partial charge in [0.05, 0.1) is 11.7 Å². The summed E-state index contributed by atoms with van der Waals surface area (Å²) in [5.41, 5.74) is 1.41. The third kappa shape index (κ3) is 3.91. The molecule has 0 aromatic heterocycles. The molecule has 0 N–H and O–H groups in total. The molecule has 174 valence electrons. The fourth-order valence-corrected chi connectivity index (χ4v) is 10.6. The second-order valence-corrected chi connectivity index (χ2v) is 22.3. The van der Waals surface area contributed by atoms with Crippen LogP contribution >= 0.6 is 0 Å². The maximum Gasteiger partial charge on any atom is 0.184 e. The van der Waals surface area contributed by atoms with E-state index >= 15 is 0 Å². The SMILES string of the molecule is C[C@]12C=CC(=O)C=C1[C@H](O[Si](C)(C)C)C[C@@H]1[C@@H]2CC[C@@]2(C)[C@H]1CC[C@]2(C)O[Si](C)(C)C. The number of allylic oxidation sites excluding steroid dienone is 3. The van der Waals surface area contributed by atoms with E-state index in [1.54, 1.807) is 0 Å². The predicted molar refractivity (Wildman–Crippen MR) is 133 cm³/mol. The Balaban J connectivity index is 1.72. The molecule has 7 atom stereocenters. The van der Waals surface area contributed by atoms with Gasteiger partial charge in [0.15, 0.2) is 22.4 Å². The molecule has 3 nitrogen and oxygen atoms in total. The minimum absolute atomic E-state index is 0.0162. The highest BCUT2D eigenvalue weighted by Gasteiger charge is 2.64. The topological polar surface area (TPSA) is 35.5 Å². The van der Waals surface area contributed by atoms with Crippen LogP contribution in [0.3, 0.4) is 0 Å². The first-order chi connectivity index (χ1) is 14.1. The highest BCUT2D eigenvalue weighted by molar-refractivity contribution is 6.70. The van der Waals surface area contributed by atoms with Gasteiger partial charge in [-0.25, -0.2) is 0 Å². The van der Waals surface area contributed by atoms with Crippen molar-refractivity contribution < 1.29 is 13.6 Å². The van der Waals surface area contributed by atoms with Gasteiger partial charge in [-0.05, 0) is 119 Å². The molecule has 0 radical (unpaired) electrons. The lowest BCUT2D eigenvalue weighted by atomic mass is 9.47. The van der Waals surface area contributed by atoms with E-state index in [0.717, 1.165) is 6.42 Å². The molecule has 0 aliphatic heterocycles. The Labute approximate surface area is 192 Å². The van der Waals surface area contributed by atoms with E-state index in [1.165, 1.54) is 31.3 Å². The van der Waals surface area contributed by atoms with Crippen LogP contribution in [0.4, 0.5) is 0 Å². The Morgan fingerprint density at radius 1 is 0.935 bits per heavy atom. The lowest BCUT2D eigenvalue weighted by molar-refractivity contribution is -0.115. The van der Waals surface area contributed by atoms with Crippen LogP contribution in [0.5, 0.6) is 0 Å². The molecule has 0 bridgehead atoms. The van der Waals surface area contributed by atoms with E-state index < -0.39 is 16.6 Å². The monoisotopic (exact) mass is 460 g/mol. The quantitative estimate of drug-likeness (QED) is 0.436. The van der Waals surface area contributed by atoms with Crippen molar-refractivity contribution in [2.75, 3.05) is 0 Å². The minimum atomic E-state index is -1.74. The van der Waals surface area contributed by atoms with Gasteiger partial charge in [-0.15, -0.1) is 0 Å². The van der Waals surface area contributed by atoms with Crippen LogP contribution in [0.15, 0.2) is 23.8 Å². The van der Waals surface area contributed by atoms with Crippen molar-refractivity contribution in [3.05, 3.63) is 23.8 Å². The fraction of sp³-hybridized carbons (Fsp3) is 0.808. The van der Waals surface area contributed by atoms with Crippen LogP contribution in [0, 0.1) is 28.6 Å². The summed E-state index contributed by atoms with van der Waals surface area (Å²) in [6, 6.07) is 0. The molecule has 0 aromatic carbocycles. The first kappa shape index (κ1) is 23.7. The summed E-state index contributed by atoms with van der Waals surface area (Å²) in [5, 5.41) is 0. The molecule has 0 heterocycles. The second kappa shape index (κ2) is 7.25. The number of hydrogen-bond acceptors (Lipinski definition) is 3. The molecule has 0 spiro atoms.